The van der Waals surface area contributed by atoms with E-state index < -0.39 is 47.5 Å². The second kappa shape index (κ2) is 7.23. The second-order valence-corrected chi connectivity index (χ2v) is 6.87. The molecule has 0 radical (unpaired) electrons. The van der Waals surface area contributed by atoms with E-state index in [1.54, 1.807) is 24.3 Å². The minimum absolute atomic E-state index is 0.276. The summed E-state index contributed by atoms with van der Waals surface area (Å²) in [7, 11) is 0. The number of carbonyl (C=O) groups is 3. The summed E-state index contributed by atoms with van der Waals surface area (Å²) < 4.78 is 40.3. The lowest BCUT2D eigenvalue weighted by Gasteiger charge is -2.25. The SMILES string of the molecule is O=C(CN1C(=O)[C@@H]2CCCN2C(=O)c2ccccc21)Nc1ccc(F)c(F)c1F. The number of rotatable bonds is 3. The van der Waals surface area contributed by atoms with Crippen LogP contribution in [0.5, 0.6) is 0 Å². The molecule has 2 heterocycles. The van der Waals surface area contributed by atoms with Gasteiger partial charge in [0.25, 0.3) is 5.91 Å². The zero-order valence-corrected chi connectivity index (χ0v) is 15.1. The highest BCUT2D eigenvalue weighted by Crippen LogP contribution is 2.32. The van der Waals surface area contributed by atoms with Crippen molar-refractivity contribution in [3.05, 3.63) is 59.4 Å². The predicted octanol–water partition coefficient (Wildman–Crippen LogP) is 2.69. The zero-order chi connectivity index (χ0) is 20.7. The third-order valence-corrected chi connectivity index (χ3v) is 5.10. The molecular weight excluding hydrogens is 387 g/mol. The molecule has 0 bridgehead atoms. The van der Waals surface area contributed by atoms with E-state index in [4.69, 9.17) is 0 Å². The van der Waals surface area contributed by atoms with Crippen molar-refractivity contribution in [3.63, 3.8) is 0 Å². The van der Waals surface area contributed by atoms with E-state index in [1.807, 2.05) is 0 Å². The molecule has 2 aromatic rings. The van der Waals surface area contributed by atoms with Crippen LogP contribution < -0.4 is 10.2 Å². The Balaban J connectivity index is 1.64. The van der Waals surface area contributed by atoms with Gasteiger partial charge in [0.15, 0.2) is 17.5 Å². The topological polar surface area (TPSA) is 69.7 Å². The Kier molecular flexibility index (Phi) is 4.73. The van der Waals surface area contributed by atoms with Crippen molar-refractivity contribution in [3.8, 4) is 0 Å². The van der Waals surface area contributed by atoms with E-state index >= 15 is 0 Å². The Bertz CT molecular complexity index is 1030. The van der Waals surface area contributed by atoms with Gasteiger partial charge in [0.2, 0.25) is 11.8 Å². The number of halogens is 3. The van der Waals surface area contributed by atoms with Crippen LogP contribution >= 0.6 is 0 Å². The summed E-state index contributed by atoms with van der Waals surface area (Å²) in [6, 6.07) is 7.33. The van der Waals surface area contributed by atoms with Crippen molar-refractivity contribution >= 4 is 29.1 Å². The maximum absolute atomic E-state index is 13.8. The van der Waals surface area contributed by atoms with Gasteiger partial charge in [-0.15, -0.1) is 0 Å². The second-order valence-electron chi connectivity index (χ2n) is 6.87. The molecule has 2 aromatic carbocycles. The van der Waals surface area contributed by atoms with E-state index in [1.165, 1.54) is 9.80 Å². The van der Waals surface area contributed by atoms with Crippen LogP contribution in [-0.2, 0) is 9.59 Å². The van der Waals surface area contributed by atoms with Gasteiger partial charge in [0.05, 0.1) is 16.9 Å². The van der Waals surface area contributed by atoms with E-state index in [9.17, 15) is 27.6 Å². The molecule has 0 spiro atoms. The molecule has 9 heteroatoms. The summed E-state index contributed by atoms with van der Waals surface area (Å²) in [5.41, 5.74) is 0.0258. The average molecular weight is 403 g/mol. The van der Waals surface area contributed by atoms with Crippen LogP contribution in [0.3, 0.4) is 0 Å². The Morgan fingerprint density at radius 1 is 1.07 bits per heavy atom. The minimum atomic E-state index is -1.70. The molecule has 1 N–H and O–H groups in total. The molecular formula is C20H16F3N3O3. The van der Waals surface area contributed by atoms with Crippen LogP contribution in [-0.4, -0.2) is 41.8 Å². The number of anilines is 2. The Labute approximate surface area is 163 Å². The summed E-state index contributed by atoms with van der Waals surface area (Å²) in [5, 5.41) is 2.16. The number of hydrogen-bond donors (Lipinski definition) is 1. The third-order valence-electron chi connectivity index (χ3n) is 5.10. The largest absolute Gasteiger partial charge is 0.327 e. The fraction of sp³-hybridized carbons (Fsp3) is 0.250. The van der Waals surface area contributed by atoms with Crippen LogP contribution in [0.1, 0.15) is 23.2 Å². The number of benzene rings is 2. The lowest BCUT2D eigenvalue weighted by atomic mass is 10.1. The van der Waals surface area contributed by atoms with Gasteiger partial charge in [-0.2, -0.15) is 0 Å². The highest BCUT2D eigenvalue weighted by atomic mass is 19.2. The van der Waals surface area contributed by atoms with Gasteiger partial charge in [-0.25, -0.2) is 13.2 Å². The number of nitrogens with one attached hydrogen (secondary N) is 1. The van der Waals surface area contributed by atoms with Gasteiger partial charge >= 0.3 is 0 Å². The molecule has 150 valence electrons. The molecule has 2 aliphatic heterocycles. The van der Waals surface area contributed by atoms with Crippen LogP contribution in [0, 0.1) is 17.5 Å². The lowest BCUT2D eigenvalue weighted by molar-refractivity contribution is -0.124. The minimum Gasteiger partial charge on any atom is -0.327 e. The van der Waals surface area contributed by atoms with E-state index in [-0.39, 0.29) is 17.2 Å². The number of fused-ring (bicyclic) bond motifs is 2. The van der Waals surface area contributed by atoms with Crippen molar-refractivity contribution in [1.82, 2.24) is 4.90 Å². The Morgan fingerprint density at radius 2 is 1.83 bits per heavy atom. The summed E-state index contributed by atoms with van der Waals surface area (Å²) >= 11 is 0. The molecule has 1 atom stereocenters. The number of para-hydroxylation sites is 1. The van der Waals surface area contributed by atoms with Crippen LogP contribution in [0.2, 0.25) is 0 Å². The molecule has 1 fully saturated rings. The molecule has 4 rings (SSSR count). The predicted molar refractivity (Wildman–Crippen MR) is 97.8 cm³/mol. The van der Waals surface area contributed by atoms with Crippen molar-refractivity contribution in [1.29, 1.82) is 0 Å². The molecule has 0 aliphatic carbocycles. The van der Waals surface area contributed by atoms with Crippen molar-refractivity contribution in [2.75, 3.05) is 23.3 Å². The summed E-state index contributed by atoms with van der Waals surface area (Å²) in [4.78, 5) is 41.0. The monoisotopic (exact) mass is 403 g/mol. The highest BCUT2D eigenvalue weighted by molar-refractivity contribution is 6.13. The van der Waals surface area contributed by atoms with Crippen molar-refractivity contribution in [2.24, 2.45) is 0 Å². The summed E-state index contributed by atoms with van der Waals surface area (Å²) in [6.07, 6.45) is 1.15. The number of hydrogen-bond acceptors (Lipinski definition) is 3. The highest BCUT2D eigenvalue weighted by Gasteiger charge is 2.42. The van der Waals surface area contributed by atoms with Gasteiger partial charge in [0, 0.05) is 6.54 Å². The molecule has 29 heavy (non-hydrogen) atoms. The summed E-state index contributed by atoms with van der Waals surface area (Å²) in [5.74, 6) is -6.12. The number of amides is 3. The van der Waals surface area contributed by atoms with Gasteiger partial charge in [-0.05, 0) is 37.1 Å². The van der Waals surface area contributed by atoms with Crippen molar-refractivity contribution in [2.45, 2.75) is 18.9 Å². The molecule has 6 nitrogen and oxygen atoms in total. The first-order chi connectivity index (χ1) is 13.9. The first-order valence-electron chi connectivity index (χ1n) is 9.03. The number of nitrogens with zero attached hydrogens (tertiary/aromatic N) is 2. The summed E-state index contributed by atoms with van der Waals surface area (Å²) in [6.45, 7) is -0.0599. The third kappa shape index (κ3) is 3.22. The van der Waals surface area contributed by atoms with Crippen LogP contribution in [0.25, 0.3) is 0 Å². The van der Waals surface area contributed by atoms with Crippen molar-refractivity contribution < 1.29 is 27.6 Å². The van der Waals surface area contributed by atoms with E-state index in [0.717, 1.165) is 6.07 Å². The molecule has 0 aromatic heterocycles. The molecule has 0 unspecified atom stereocenters. The standard InChI is InChI=1S/C20H16F3N3O3/c21-12-7-8-13(18(23)17(12)22)24-16(27)10-26-14-5-2-1-4-11(14)19(28)25-9-3-6-15(25)20(26)29/h1-2,4-5,7-8,15H,3,6,9-10H2,(H,24,27)/t15-/m0/s1. The van der Waals surface area contributed by atoms with Gasteiger partial charge in [-0.3, -0.25) is 14.4 Å². The molecule has 3 amide bonds. The molecule has 2 aliphatic rings. The van der Waals surface area contributed by atoms with Crippen LogP contribution in [0.4, 0.5) is 24.5 Å². The van der Waals surface area contributed by atoms with E-state index in [2.05, 4.69) is 5.32 Å². The Morgan fingerprint density at radius 3 is 2.62 bits per heavy atom. The lowest BCUT2D eigenvalue weighted by Crippen LogP contribution is -2.47. The van der Waals surface area contributed by atoms with Crippen LogP contribution in [0.15, 0.2) is 36.4 Å². The first-order valence-corrected chi connectivity index (χ1v) is 9.03. The number of carbonyl (C=O) groups excluding carboxylic acids is 3. The smallest absolute Gasteiger partial charge is 0.256 e. The first kappa shape index (κ1) is 19.0. The normalized spacial score (nSPS) is 18.4. The quantitative estimate of drug-likeness (QED) is 0.802. The maximum Gasteiger partial charge on any atom is 0.256 e. The van der Waals surface area contributed by atoms with Gasteiger partial charge < -0.3 is 15.1 Å². The average Bonchev–Trinajstić information content (AvgIpc) is 3.19. The maximum atomic E-state index is 13.8. The zero-order valence-electron chi connectivity index (χ0n) is 15.1. The molecule has 0 saturated carbocycles. The molecule has 1 saturated heterocycles. The fourth-order valence-corrected chi connectivity index (χ4v) is 3.73. The van der Waals surface area contributed by atoms with E-state index in [0.29, 0.717) is 25.5 Å². The fourth-order valence-electron chi connectivity index (χ4n) is 3.73. The Hall–Kier alpha value is -3.36. The van der Waals surface area contributed by atoms with Gasteiger partial charge in [-0.1, -0.05) is 12.1 Å². The van der Waals surface area contributed by atoms with Gasteiger partial charge in [0.1, 0.15) is 12.6 Å².